The summed E-state index contributed by atoms with van der Waals surface area (Å²) >= 11 is 0. The highest BCUT2D eigenvalue weighted by Gasteiger charge is 2.59. The zero-order valence-corrected chi connectivity index (χ0v) is 55.0. The molecule has 0 aromatic heterocycles. The molecule has 0 spiro atoms. The number of benzene rings is 8. The highest BCUT2D eigenvalue weighted by Crippen LogP contribution is 2.66. The van der Waals surface area contributed by atoms with Crippen molar-refractivity contribution in [3.63, 3.8) is 0 Å². The Balaban J connectivity index is 1.06. The molecule has 2 fully saturated rings. The summed E-state index contributed by atoms with van der Waals surface area (Å²) in [6.07, 6.45) is 11.9. The van der Waals surface area contributed by atoms with Crippen molar-refractivity contribution in [1.29, 1.82) is 0 Å². The lowest BCUT2D eigenvalue weighted by molar-refractivity contribution is 0.165. The molecule has 3 aliphatic heterocycles. The summed E-state index contributed by atoms with van der Waals surface area (Å²) in [6, 6.07) is 60.9. The average Bonchev–Trinajstić information content (AvgIpc) is 1.71. The highest BCUT2D eigenvalue weighted by molar-refractivity contribution is 7.00. The Labute approximate surface area is 521 Å². The average molecular weight is 1150 g/mol. The Hall–Kier alpha value is -7.11. The van der Waals surface area contributed by atoms with E-state index in [2.05, 4.69) is 271 Å². The first-order valence-corrected chi connectivity index (χ1v) is 32.9. The second-order valence-electron chi connectivity index (χ2n) is 32.3. The normalized spacial score (nSPS) is 23.4. The van der Waals surface area contributed by atoms with Crippen molar-refractivity contribution in [2.24, 2.45) is 5.41 Å². The first-order valence-electron chi connectivity index (χ1n) is 32.9. The maximum absolute atomic E-state index is 14.8. The first kappa shape index (κ1) is 57.6. The summed E-state index contributed by atoms with van der Waals surface area (Å²) in [5, 5.41) is 0. The third-order valence-electron chi connectivity index (χ3n) is 22.9. The van der Waals surface area contributed by atoms with Crippen LogP contribution in [0.2, 0.25) is 0 Å². The van der Waals surface area contributed by atoms with Gasteiger partial charge in [-0.05, 0) is 205 Å². The molecule has 0 bridgehead atoms. The molecule has 6 aliphatic rings. The molecule has 0 radical (unpaired) electrons. The van der Waals surface area contributed by atoms with Crippen LogP contribution in [0.25, 0.3) is 22.8 Å². The van der Waals surface area contributed by atoms with Gasteiger partial charge in [0.2, 0.25) is 0 Å². The molecule has 5 heteroatoms. The second kappa shape index (κ2) is 19.4. The smallest absolute Gasteiger partial charge is 0.252 e. The van der Waals surface area contributed by atoms with E-state index in [1.807, 2.05) is 6.07 Å². The lowest BCUT2D eigenvalue weighted by Gasteiger charge is -2.51. The van der Waals surface area contributed by atoms with E-state index < -0.39 is 0 Å². The van der Waals surface area contributed by atoms with Crippen molar-refractivity contribution in [3.8, 4) is 11.1 Å². The Kier molecular flexibility index (Phi) is 12.9. The Morgan fingerprint density at radius 1 is 0.414 bits per heavy atom. The minimum Gasteiger partial charge on any atom is -0.334 e. The predicted molar refractivity (Wildman–Crippen MR) is 372 cm³/mol. The van der Waals surface area contributed by atoms with Crippen LogP contribution in [0.3, 0.4) is 0 Å². The van der Waals surface area contributed by atoms with Crippen molar-refractivity contribution < 1.29 is 4.39 Å². The fraction of sp³-hybridized carbons (Fsp3) is 0.390. The third kappa shape index (κ3) is 8.75. The number of allylic oxidation sites excluding steroid dienone is 1. The van der Waals surface area contributed by atoms with Crippen molar-refractivity contribution in [3.05, 3.63) is 208 Å². The van der Waals surface area contributed by atoms with Gasteiger partial charge in [0.15, 0.2) is 0 Å². The number of nitrogens with zero attached hydrogens (tertiary/aromatic N) is 3. The second-order valence-corrected chi connectivity index (χ2v) is 32.3. The van der Waals surface area contributed by atoms with Crippen LogP contribution in [0.5, 0.6) is 0 Å². The van der Waals surface area contributed by atoms with E-state index in [0.717, 1.165) is 42.5 Å². The van der Waals surface area contributed by atoms with Gasteiger partial charge >= 0.3 is 0 Å². The molecule has 3 heterocycles. The van der Waals surface area contributed by atoms with Gasteiger partial charge in [0, 0.05) is 61.7 Å². The molecule has 4 atom stereocenters. The molecule has 444 valence electrons. The van der Waals surface area contributed by atoms with E-state index in [-0.39, 0.29) is 56.0 Å². The minimum atomic E-state index is -0.198. The number of anilines is 8. The number of fused-ring (bicyclic) bond motifs is 10. The standard InChI is InChI=1S/C82H91BFN3/c1-75(2,3)55-26-32-60(33-27-55)85-70-39-31-58(78(10,11)12)49-68(70)83-67-37-24-52(44-64-63-36-25-54(53-22-21-23-59(84)46-53)47-65(63)80(14)41-18-17-40-79(64,80)13)45-71(67)86(61-34-28-56(29-35-61)76(4,5)6)73-51-62(50-72(85)74(73)83)87-69-38-30-57(77(7,8)9)48-66(69)81(15)42-19-20-43-82(81,87)16/h21-39,44-51H,17-20,40-43H2,1-16H3/b64-44+. The SMILES string of the molecule is CC(C)(C)c1ccc(N2c3ccc(C(C)(C)C)cc3B3c4ccc(/C=C5\c6ccc(-c7cccc(F)c7)cc6C6(C)CCCCC56C)cc4N(c4ccc(C(C)(C)C)cc4)c4cc(N5c6ccc(C(C)(C)C)cc6C6(C)CCCCC56C)cc2c43)cc1. The summed E-state index contributed by atoms with van der Waals surface area (Å²) in [5.74, 6) is -0.198. The zero-order valence-electron chi connectivity index (χ0n) is 55.0. The number of hydrogen-bond acceptors (Lipinski definition) is 3. The molecule has 4 unspecified atom stereocenters. The molecule has 3 aliphatic carbocycles. The Bertz CT molecular complexity index is 4140. The van der Waals surface area contributed by atoms with Crippen LogP contribution in [0, 0.1) is 11.2 Å². The Morgan fingerprint density at radius 2 is 0.943 bits per heavy atom. The van der Waals surface area contributed by atoms with Gasteiger partial charge in [-0.3, -0.25) is 0 Å². The lowest BCUT2D eigenvalue weighted by Crippen LogP contribution is -2.61. The number of halogens is 1. The van der Waals surface area contributed by atoms with Crippen LogP contribution < -0.4 is 31.1 Å². The van der Waals surface area contributed by atoms with E-state index >= 15 is 0 Å². The van der Waals surface area contributed by atoms with E-state index in [0.29, 0.717) is 0 Å². The molecule has 8 aromatic carbocycles. The third-order valence-corrected chi connectivity index (χ3v) is 22.9. The molecule has 0 saturated heterocycles. The molecule has 14 rings (SSSR count). The molecule has 0 amide bonds. The number of rotatable bonds is 5. The fourth-order valence-electron chi connectivity index (χ4n) is 17.2. The van der Waals surface area contributed by atoms with Crippen LogP contribution in [0.1, 0.15) is 207 Å². The van der Waals surface area contributed by atoms with E-state index in [9.17, 15) is 4.39 Å². The zero-order chi connectivity index (χ0) is 61.3. The van der Waals surface area contributed by atoms with Gasteiger partial charge in [-0.15, -0.1) is 0 Å². The van der Waals surface area contributed by atoms with Gasteiger partial charge in [0.05, 0.1) is 5.54 Å². The van der Waals surface area contributed by atoms with E-state index in [4.69, 9.17) is 0 Å². The predicted octanol–water partition coefficient (Wildman–Crippen LogP) is 20.9. The van der Waals surface area contributed by atoms with Crippen LogP contribution >= 0.6 is 0 Å². The van der Waals surface area contributed by atoms with Gasteiger partial charge in [-0.2, -0.15) is 0 Å². The van der Waals surface area contributed by atoms with Gasteiger partial charge in [-0.25, -0.2) is 4.39 Å². The molecular weight excluding hydrogens is 1060 g/mol. The van der Waals surface area contributed by atoms with Gasteiger partial charge in [0.1, 0.15) is 5.82 Å². The summed E-state index contributed by atoms with van der Waals surface area (Å²) in [4.78, 5) is 8.14. The van der Waals surface area contributed by atoms with Crippen molar-refractivity contribution in [2.75, 3.05) is 14.7 Å². The molecule has 0 N–H and O–H groups in total. The minimum absolute atomic E-state index is 0.00636. The van der Waals surface area contributed by atoms with Crippen molar-refractivity contribution >= 4 is 80.2 Å². The first-order chi connectivity index (χ1) is 41.0. The molecule has 3 nitrogen and oxygen atoms in total. The van der Waals surface area contributed by atoms with Gasteiger partial charge in [0.25, 0.3) is 6.71 Å². The van der Waals surface area contributed by atoms with Crippen molar-refractivity contribution in [2.45, 2.75) is 200 Å². The molecule has 2 saturated carbocycles. The van der Waals surface area contributed by atoms with Crippen molar-refractivity contribution in [1.82, 2.24) is 0 Å². The van der Waals surface area contributed by atoms with Crippen LogP contribution in [-0.2, 0) is 32.5 Å². The molecule has 8 aromatic rings. The van der Waals surface area contributed by atoms with Gasteiger partial charge in [-0.1, -0.05) is 221 Å². The topological polar surface area (TPSA) is 9.72 Å². The summed E-state index contributed by atoms with van der Waals surface area (Å²) in [5.41, 5.74) is 27.7. The highest BCUT2D eigenvalue weighted by atomic mass is 19.1. The van der Waals surface area contributed by atoms with Gasteiger partial charge < -0.3 is 14.7 Å². The number of hydrogen-bond donors (Lipinski definition) is 0. The fourth-order valence-corrected chi connectivity index (χ4v) is 17.2. The Morgan fingerprint density at radius 3 is 1.54 bits per heavy atom. The van der Waals surface area contributed by atoms with Crippen LogP contribution in [0.15, 0.2) is 158 Å². The maximum atomic E-state index is 14.8. The summed E-state index contributed by atoms with van der Waals surface area (Å²) in [7, 11) is 0. The maximum Gasteiger partial charge on any atom is 0.252 e. The van der Waals surface area contributed by atoms with Crippen LogP contribution in [0.4, 0.5) is 49.9 Å². The quantitative estimate of drug-likeness (QED) is 0.159. The monoisotopic (exact) mass is 1150 g/mol. The molecule has 87 heavy (non-hydrogen) atoms. The van der Waals surface area contributed by atoms with E-state index in [1.165, 1.54) is 132 Å². The summed E-state index contributed by atoms with van der Waals surface area (Å²) in [6.45, 7) is 38.4. The lowest BCUT2D eigenvalue weighted by atomic mass is 9.33. The molecular formula is C82H91BFN3. The summed E-state index contributed by atoms with van der Waals surface area (Å²) < 4.78 is 14.8. The largest absolute Gasteiger partial charge is 0.334 e. The van der Waals surface area contributed by atoms with Crippen LogP contribution in [-0.4, -0.2) is 12.3 Å². The van der Waals surface area contributed by atoms with E-state index in [1.54, 1.807) is 12.1 Å².